The summed E-state index contributed by atoms with van der Waals surface area (Å²) in [6.45, 7) is 0. The van der Waals surface area contributed by atoms with Crippen molar-refractivity contribution in [3.05, 3.63) is 60.1 Å². The summed E-state index contributed by atoms with van der Waals surface area (Å²) < 4.78 is 40.8. The molecule has 0 amide bonds. The van der Waals surface area contributed by atoms with Gasteiger partial charge in [0, 0.05) is 5.33 Å². The molecule has 0 atom stereocenters. The van der Waals surface area contributed by atoms with Gasteiger partial charge in [-0.3, -0.25) is 0 Å². The van der Waals surface area contributed by atoms with Gasteiger partial charge in [-0.05, 0) is 41.9 Å². The molecular weight excluding hydrogens is 445 g/mol. The molecule has 147 valence electrons. The van der Waals surface area contributed by atoms with Gasteiger partial charge < -0.3 is 15.3 Å². The van der Waals surface area contributed by atoms with Crippen LogP contribution in [0.5, 0.6) is 5.75 Å². The number of allylic oxidation sites excluding steroid dienone is 1. The Labute approximate surface area is 165 Å². The maximum absolute atomic E-state index is 12.3. The minimum Gasteiger partial charge on any atom is -0.492 e. The molecule has 0 fully saturated rings. The number of halogens is 4. The first-order valence-corrected chi connectivity index (χ1v) is 8.83. The van der Waals surface area contributed by atoms with E-state index in [1.807, 2.05) is 24.3 Å². The number of aliphatic imine (C=N–C) groups is 1. The number of anilines is 2. The highest BCUT2D eigenvalue weighted by Gasteiger charge is 2.39. The van der Waals surface area contributed by atoms with Crippen LogP contribution in [0, 0.1) is 0 Å². The van der Waals surface area contributed by atoms with Crippen molar-refractivity contribution >= 4 is 38.7 Å². The molecule has 0 bridgehead atoms. The van der Waals surface area contributed by atoms with E-state index in [-0.39, 0.29) is 17.1 Å². The first-order valence-electron chi connectivity index (χ1n) is 7.71. The maximum Gasteiger partial charge on any atom is 0.573 e. The number of nitrogens with zero attached hydrogens (tertiary/aromatic N) is 4. The minimum absolute atomic E-state index is 0. The highest BCUT2D eigenvalue weighted by Crippen LogP contribution is 2.40. The Morgan fingerprint density at radius 2 is 1.71 bits per heavy atom. The van der Waals surface area contributed by atoms with Crippen molar-refractivity contribution < 1.29 is 28.5 Å². The molecule has 2 aromatic carbocycles. The first-order chi connectivity index (χ1) is 12.9. The minimum atomic E-state index is -4.77. The third-order valence-electron chi connectivity index (χ3n) is 3.88. The number of aliphatic hydroxyl groups is 1. The number of aliphatic hydroxyl groups excluding tert-OH is 1. The molecule has 0 saturated carbocycles. The maximum atomic E-state index is 12.3. The van der Waals surface area contributed by atoms with Crippen molar-refractivity contribution in [3.8, 4) is 5.75 Å². The highest BCUT2D eigenvalue weighted by atomic mass is 79.9. The molecule has 11 heteroatoms. The summed E-state index contributed by atoms with van der Waals surface area (Å²) in [4.78, 5) is 4.52. The van der Waals surface area contributed by atoms with Crippen molar-refractivity contribution in [3.63, 3.8) is 0 Å². The molecule has 0 aliphatic carbocycles. The van der Waals surface area contributed by atoms with Crippen LogP contribution in [0.2, 0.25) is 0 Å². The topological polar surface area (TPSA) is 93.9 Å². The highest BCUT2D eigenvalue weighted by molar-refractivity contribution is 9.09. The fraction of sp³-hybridized carbons (Fsp3) is 0.118. The van der Waals surface area contributed by atoms with Crippen molar-refractivity contribution in [1.29, 1.82) is 0 Å². The number of hydrogen-bond acceptors (Lipinski definition) is 5. The zero-order valence-corrected chi connectivity index (χ0v) is 15.6. The second kappa shape index (κ2) is 7.34. The summed E-state index contributed by atoms with van der Waals surface area (Å²) >= 11 is 3.35. The van der Waals surface area contributed by atoms with Crippen LogP contribution in [0.1, 0.15) is 0 Å². The van der Waals surface area contributed by atoms with E-state index in [1.54, 1.807) is 5.01 Å². The van der Waals surface area contributed by atoms with Crippen molar-refractivity contribution in [2.75, 3.05) is 15.3 Å². The quantitative estimate of drug-likeness (QED) is 0.710. The standard InChI is InChI=1S/C17H11BrF3N4O2.H2O/c18-9-13-15-16(26)24(10-5-7-11(8-6-10)27-17(19,20)21)23-25(15)14-4-2-1-3-12(14)22-13;/h1-8,26H,9H2;1H2. The number of rotatable bonds is 3. The molecule has 0 saturated heterocycles. The summed E-state index contributed by atoms with van der Waals surface area (Å²) in [6, 6.07) is 12.4. The Morgan fingerprint density at radius 1 is 1.04 bits per heavy atom. The third-order valence-corrected chi connectivity index (χ3v) is 4.41. The largest absolute Gasteiger partial charge is 0.573 e. The van der Waals surface area contributed by atoms with Gasteiger partial charge >= 0.3 is 6.36 Å². The average molecular weight is 458 g/mol. The lowest BCUT2D eigenvalue weighted by atomic mass is 10.1. The van der Waals surface area contributed by atoms with Crippen molar-refractivity contribution in [1.82, 2.24) is 5.53 Å². The van der Waals surface area contributed by atoms with Gasteiger partial charge in [-0.2, -0.15) is 0 Å². The van der Waals surface area contributed by atoms with Crippen LogP contribution >= 0.6 is 15.9 Å². The lowest BCUT2D eigenvalue weighted by molar-refractivity contribution is -0.274. The molecule has 7 nitrogen and oxygen atoms in total. The van der Waals surface area contributed by atoms with Gasteiger partial charge in [-0.25, -0.2) is 15.0 Å². The van der Waals surface area contributed by atoms with Gasteiger partial charge in [0.05, 0.1) is 22.8 Å². The van der Waals surface area contributed by atoms with Crippen LogP contribution in [0.4, 0.5) is 30.2 Å². The van der Waals surface area contributed by atoms with Gasteiger partial charge in [-0.15, -0.1) is 13.2 Å². The molecule has 0 unspecified atom stereocenters. The van der Waals surface area contributed by atoms with Crippen LogP contribution in [-0.4, -0.2) is 28.0 Å². The molecule has 0 aromatic heterocycles. The van der Waals surface area contributed by atoms with E-state index in [1.165, 1.54) is 17.1 Å². The smallest absolute Gasteiger partial charge is 0.492 e. The molecular formula is C17H13BrF3N4O3. The molecule has 3 N–H and O–H groups in total. The van der Waals surface area contributed by atoms with Crippen LogP contribution in [0.3, 0.4) is 0 Å². The molecule has 28 heavy (non-hydrogen) atoms. The van der Waals surface area contributed by atoms with Gasteiger partial charge in [0.15, 0.2) is 0 Å². The molecule has 0 spiro atoms. The number of alkyl halides is 4. The number of fused-ring (bicyclic) bond motifs is 3. The van der Waals surface area contributed by atoms with E-state index in [2.05, 4.69) is 31.2 Å². The summed E-state index contributed by atoms with van der Waals surface area (Å²) in [5, 5.41) is 13.8. The Bertz CT molecular complexity index is 947. The predicted molar refractivity (Wildman–Crippen MR) is 101 cm³/mol. The zero-order valence-electron chi connectivity index (χ0n) is 14.0. The van der Waals surface area contributed by atoms with Crippen LogP contribution in [0.25, 0.3) is 0 Å². The second-order valence-corrected chi connectivity index (χ2v) is 6.17. The predicted octanol–water partition coefficient (Wildman–Crippen LogP) is 3.73. The molecule has 2 aromatic rings. The van der Waals surface area contributed by atoms with E-state index >= 15 is 0 Å². The molecule has 2 aliphatic heterocycles. The summed E-state index contributed by atoms with van der Waals surface area (Å²) in [7, 11) is 0. The van der Waals surface area contributed by atoms with E-state index in [0.717, 1.165) is 12.1 Å². The summed E-state index contributed by atoms with van der Waals surface area (Å²) in [5.41, 5.74) is 7.12. The normalized spacial score (nSPS) is 15.6. The van der Waals surface area contributed by atoms with Crippen LogP contribution in [0.15, 0.2) is 65.1 Å². The molecule has 2 aliphatic rings. The van der Waals surface area contributed by atoms with Gasteiger partial charge in [0.1, 0.15) is 11.4 Å². The Hall–Kier alpha value is -2.76. The summed E-state index contributed by atoms with van der Waals surface area (Å²) in [5.74, 6) is -0.532. The number of para-hydroxylation sites is 2. The lowest BCUT2D eigenvalue weighted by Crippen LogP contribution is -2.37. The Kier molecular flexibility index (Phi) is 5.24. The lowest BCUT2D eigenvalue weighted by Gasteiger charge is -2.25. The number of hydrogen-bond donors (Lipinski definition) is 1. The van der Waals surface area contributed by atoms with E-state index in [9.17, 15) is 18.3 Å². The van der Waals surface area contributed by atoms with Gasteiger partial charge in [0.25, 0.3) is 0 Å². The Morgan fingerprint density at radius 3 is 2.36 bits per heavy atom. The van der Waals surface area contributed by atoms with Crippen molar-refractivity contribution in [2.45, 2.75) is 6.36 Å². The Balaban J connectivity index is 0.00000225. The van der Waals surface area contributed by atoms with Crippen molar-refractivity contribution in [2.24, 2.45) is 4.99 Å². The molecule has 1 radical (unpaired) electrons. The summed E-state index contributed by atoms with van der Waals surface area (Å²) in [6.07, 6.45) is -4.77. The monoisotopic (exact) mass is 457 g/mol. The zero-order chi connectivity index (χ0) is 19.2. The fourth-order valence-corrected chi connectivity index (χ4v) is 3.17. The van der Waals surface area contributed by atoms with E-state index in [0.29, 0.717) is 33.8 Å². The third kappa shape index (κ3) is 3.51. The van der Waals surface area contributed by atoms with E-state index in [4.69, 9.17) is 0 Å². The van der Waals surface area contributed by atoms with Gasteiger partial charge in [0.2, 0.25) is 5.88 Å². The fourth-order valence-electron chi connectivity index (χ4n) is 2.78. The second-order valence-electron chi connectivity index (χ2n) is 5.61. The number of benzene rings is 2. The number of ether oxygens (including phenoxy) is 1. The first kappa shape index (κ1) is 20.0. The van der Waals surface area contributed by atoms with E-state index < -0.39 is 6.36 Å². The van der Waals surface area contributed by atoms with Crippen LogP contribution in [-0.2, 0) is 0 Å². The average Bonchev–Trinajstić information content (AvgIpc) is 2.98. The van der Waals surface area contributed by atoms with Gasteiger partial charge in [-0.1, -0.05) is 28.1 Å². The van der Waals surface area contributed by atoms with Crippen LogP contribution < -0.4 is 20.3 Å². The molecule has 4 rings (SSSR count). The molecule has 2 heterocycles. The SMILES string of the molecule is O.OC1=C2C(CBr)=Nc3ccccc3N2[N]N1c1ccc(OC(F)(F)F)cc1.